The molecule has 0 aliphatic carbocycles. The summed E-state index contributed by atoms with van der Waals surface area (Å²) < 4.78 is 0. The van der Waals surface area contributed by atoms with E-state index >= 15 is 0 Å². The molecule has 1 aliphatic heterocycles. The van der Waals surface area contributed by atoms with E-state index in [0.29, 0.717) is 25.3 Å². The maximum Gasteiger partial charge on any atom is 0.332 e. The van der Waals surface area contributed by atoms with Gasteiger partial charge in [0.2, 0.25) is 0 Å². The van der Waals surface area contributed by atoms with Crippen LogP contribution in [0.5, 0.6) is 0 Å². The number of nitrogens with zero attached hydrogens (tertiary/aromatic N) is 2. The average molecular weight is 274 g/mol. The van der Waals surface area contributed by atoms with Crippen LogP contribution in [0.1, 0.15) is 12.0 Å². The van der Waals surface area contributed by atoms with Crippen molar-refractivity contribution < 1.29 is 14.7 Å². The largest absolute Gasteiger partial charge is 0.478 e. The van der Waals surface area contributed by atoms with E-state index in [2.05, 4.69) is 10.1 Å². The molecule has 1 aromatic carbocycles. The van der Waals surface area contributed by atoms with E-state index in [-0.39, 0.29) is 0 Å². The second kappa shape index (κ2) is 7.45. The van der Waals surface area contributed by atoms with Gasteiger partial charge in [-0.15, -0.1) is 0 Å². The number of aliphatic carboxylic acids is 1. The van der Waals surface area contributed by atoms with Gasteiger partial charge in [-0.25, -0.2) is 4.79 Å². The van der Waals surface area contributed by atoms with Gasteiger partial charge in [0.15, 0.2) is 0 Å². The van der Waals surface area contributed by atoms with Crippen LogP contribution in [0.2, 0.25) is 0 Å². The van der Waals surface area contributed by atoms with Gasteiger partial charge in [-0.3, -0.25) is 4.90 Å². The van der Waals surface area contributed by atoms with Gasteiger partial charge in [0.25, 0.3) is 0 Å². The number of carbonyl (C=O) groups is 1. The van der Waals surface area contributed by atoms with E-state index in [1.54, 1.807) is 12.3 Å². The summed E-state index contributed by atoms with van der Waals surface area (Å²) in [6.45, 7) is 2.47. The van der Waals surface area contributed by atoms with E-state index < -0.39 is 5.97 Å². The van der Waals surface area contributed by atoms with Crippen molar-refractivity contribution in [3.05, 3.63) is 47.5 Å². The van der Waals surface area contributed by atoms with Gasteiger partial charge in [0.1, 0.15) is 6.61 Å². The number of hydrogen-bond acceptors (Lipinski definition) is 4. The smallest absolute Gasteiger partial charge is 0.332 e. The molecule has 0 saturated heterocycles. The third-order valence-corrected chi connectivity index (χ3v) is 3.08. The van der Waals surface area contributed by atoms with Crippen LogP contribution < -0.4 is 0 Å². The first-order chi connectivity index (χ1) is 9.75. The van der Waals surface area contributed by atoms with Crippen molar-refractivity contribution in [2.24, 2.45) is 5.16 Å². The Kier molecular flexibility index (Phi) is 5.32. The minimum atomic E-state index is -0.835. The molecule has 106 valence electrons. The lowest BCUT2D eigenvalue weighted by atomic mass is 10.1. The summed E-state index contributed by atoms with van der Waals surface area (Å²) in [5.74, 6) is -0.835. The molecule has 5 heteroatoms. The Labute approximate surface area is 118 Å². The molecule has 5 nitrogen and oxygen atoms in total. The van der Waals surface area contributed by atoms with E-state index in [4.69, 9.17) is 9.94 Å². The molecular weight excluding hydrogens is 256 g/mol. The highest BCUT2D eigenvalue weighted by Crippen LogP contribution is 2.09. The summed E-state index contributed by atoms with van der Waals surface area (Å²) in [4.78, 5) is 18.1. The van der Waals surface area contributed by atoms with E-state index in [1.165, 1.54) is 0 Å². The minimum Gasteiger partial charge on any atom is -0.478 e. The first-order valence-corrected chi connectivity index (χ1v) is 6.61. The van der Waals surface area contributed by atoms with Crippen LogP contribution in [-0.2, 0) is 9.63 Å². The Morgan fingerprint density at radius 1 is 1.40 bits per heavy atom. The van der Waals surface area contributed by atoms with Gasteiger partial charge < -0.3 is 9.94 Å². The SMILES string of the molecule is O=C(O)C1=CCCN(CCON=Cc2ccccc2)C1. The molecule has 1 N–H and O–H groups in total. The quantitative estimate of drug-likeness (QED) is 0.488. The van der Waals surface area contributed by atoms with Crippen molar-refractivity contribution in [2.45, 2.75) is 6.42 Å². The van der Waals surface area contributed by atoms with Crippen LogP contribution in [0.15, 0.2) is 47.1 Å². The number of carboxylic acid groups (broad SMARTS) is 1. The first-order valence-electron chi connectivity index (χ1n) is 6.61. The van der Waals surface area contributed by atoms with Crippen LogP contribution in [-0.4, -0.2) is 48.4 Å². The number of rotatable bonds is 6. The molecule has 0 unspecified atom stereocenters. The van der Waals surface area contributed by atoms with Crippen LogP contribution in [0.25, 0.3) is 0 Å². The predicted molar refractivity (Wildman–Crippen MR) is 76.8 cm³/mol. The normalized spacial score (nSPS) is 16.1. The van der Waals surface area contributed by atoms with Crippen molar-refractivity contribution in [2.75, 3.05) is 26.2 Å². The second-order valence-corrected chi connectivity index (χ2v) is 4.58. The number of hydrogen-bond donors (Lipinski definition) is 1. The summed E-state index contributed by atoms with van der Waals surface area (Å²) in [6, 6.07) is 9.72. The third-order valence-electron chi connectivity index (χ3n) is 3.08. The second-order valence-electron chi connectivity index (χ2n) is 4.58. The molecule has 0 saturated carbocycles. The molecule has 1 aromatic rings. The van der Waals surface area contributed by atoms with E-state index in [0.717, 1.165) is 18.5 Å². The summed E-state index contributed by atoms with van der Waals surface area (Å²) in [7, 11) is 0. The molecule has 0 atom stereocenters. The molecular formula is C15H18N2O3. The Bertz CT molecular complexity index is 497. The number of benzene rings is 1. The Morgan fingerprint density at radius 2 is 2.20 bits per heavy atom. The van der Waals surface area contributed by atoms with Gasteiger partial charge in [0.05, 0.1) is 6.21 Å². The molecule has 0 fully saturated rings. The topological polar surface area (TPSA) is 62.1 Å². The molecule has 20 heavy (non-hydrogen) atoms. The van der Waals surface area contributed by atoms with Gasteiger partial charge in [-0.1, -0.05) is 41.6 Å². The number of carboxylic acids is 1. The highest BCUT2D eigenvalue weighted by atomic mass is 16.6. The molecule has 0 bridgehead atoms. The fourth-order valence-electron chi connectivity index (χ4n) is 2.01. The molecule has 1 heterocycles. The van der Waals surface area contributed by atoms with Crippen LogP contribution in [0, 0.1) is 0 Å². The molecule has 1 aliphatic rings. The Balaban J connectivity index is 1.68. The predicted octanol–water partition coefficient (Wildman–Crippen LogP) is 1.75. The maximum atomic E-state index is 10.9. The minimum absolute atomic E-state index is 0.455. The molecule has 0 spiro atoms. The summed E-state index contributed by atoms with van der Waals surface area (Å²) in [6.07, 6.45) is 4.22. The molecule has 0 aromatic heterocycles. The van der Waals surface area contributed by atoms with Crippen LogP contribution in [0.4, 0.5) is 0 Å². The maximum absolute atomic E-state index is 10.9. The van der Waals surface area contributed by atoms with Gasteiger partial charge in [-0.2, -0.15) is 0 Å². The molecule has 2 rings (SSSR count). The highest BCUT2D eigenvalue weighted by molar-refractivity contribution is 5.87. The van der Waals surface area contributed by atoms with Crippen molar-refractivity contribution in [3.8, 4) is 0 Å². The van der Waals surface area contributed by atoms with Gasteiger partial charge >= 0.3 is 5.97 Å². The standard InChI is InChI=1S/C15H18N2O3/c18-15(19)14-7-4-8-17(12-14)9-10-20-16-11-13-5-2-1-3-6-13/h1-3,5-7,11H,4,8-10,12H2,(H,18,19). The van der Waals surface area contributed by atoms with Crippen molar-refractivity contribution in [1.82, 2.24) is 4.90 Å². The van der Waals surface area contributed by atoms with Gasteiger partial charge in [0, 0.05) is 25.2 Å². The van der Waals surface area contributed by atoms with Gasteiger partial charge in [-0.05, 0) is 12.0 Å². The molecule has 0 radical (unpaired) electrons. The van der Waals surface area contributed by atoms with E-state index in [9.17, 15) is 4.79 Å². The lowest BCUT2D eigenvalue weighted by Crippen LogP contribution is -2.34. The lowest BCUT2D eigenvalue weighted by Gasteiger charge is -2.24. The fraction of sp³-hybridized carbons (Fsp3) is 0.333. The third kappa shape index (κ3) is 4.51. The van der Waals surface area contributed by atoms with Crippen LogP contribution >= 0.6 is 0 Å². The van der Waals surface area contributed by atoms with Crippen molar-refractivity contribution >= 4 is 12.2 Å². The summed E-state index contributed by atoms with van der Waals surface area (Å²) in [5.41, 5.74) is 1.45. The zero-order valence-corrected chi connectivity index (χ0v) is 11.2. The van der Waals surface area contributed by atoms with E-state index in [1.807, 2.05) is 30.3 Å². The summed E-state index contributed by atoms with van der Waals surface area (Å²) in [5, 5.41) is 12.8. The zero-order valence-electron chi connectivity index (χ0n) is 11.2. The highest BCUT2D eigenvalue weighted by Gasteiger charge is 2.16. The monoisotopic (exact) mass is 274 g/mol. The number of oxime groups is 1. The van der Waals surface area contributed by atoms with Crippen molar-refractivity contribution in [1.29, 1.82) is 0 Å². The lowest BCUT2D eigenvalue weighted by molar-refractivity contribution is -0.133. The molecule has 0 amide bonds. The van der Waals surface area contributed by atoms with Crippen LogP contribution in [0.3, 0.4) is 0 Å². The average Bonchev–Trinajstić information content (AvgIpc) is 2.48. The summed E-state index contributed by atoms with van der Waals surface area (Å²) >= 11 is 0. The Hall–Kier alpha value is -2.14. The Morgan fingerprint density at radius 3 is 2.95 bits per heavy atom. The van der Waals surface area contributed by atoms with Crippen molar-refractivity contribution in [3.63, 3.8) is 0 Å². The fourth-order valence-corrected chi connectivity index (χ4v) is 2.01. The zero-order chi connectivity index (χ0) is 14.2. The first kappa shape index (κ1) is 14.3.